The quantitative estimate of drug-likeness (QED) is 0.787. The fourth-order valence-electron chi connectivity index (χ4n) is 2.02. The van der Waals surface area contributed by atoms with Gasteiger partial charge in [0.1, 0.15) is 22.2 Å². The molecule has 0 fully saturated rings. The van der Waals surface area contributed by atoms with Crippen LogP contribution in [0.3, 0.4) is 0 Å². The molecule has 0 radical (unpaired) electrons. The molecule has 1 aromatic heterocycles. The second-order valence-electron chi connectivity index (χ2n) is 4.05. The third-order valence-electron chi connectivity index (χ3n) is 2.89. The van der Waals surface area contributed by atoms with Gasteiger partial charge in [0.25, 0.3) is 0 Å². The van der Waals surface area contributed by atoms with E-state index in [1.165, 1.54) is 0 Å². The van der Waals surface area contributed by atoms with Crippen molar-refractivity contribution in [1.29, 1.82) is 0 Å². The predicted octanol–water partition coefficient (Wildman–Crippen LogP) is 3.86. The molecule has 2 aromatic rings. The van der Waals surface area contributed by atoms with Gasteiger partial charge in [-0.05, 0) is 30.2 Å². The Hall–Kier alpha value is -1.48. The van der Waals surface area contributed by atoms with Gasteiger partial charge in [-0.25, -0.2) is 4.98 Å². The second kappa shape index (κ2) is 5.44. The Bertz CT molecular complexity index is 569. The first-order chi connectivity index (χ1) is 8.71. The largest absolute Gasteiger partial charge is 0.496 e. The SMILES string of the molecule is CCCc1cc2c(OC)ccc(OC)c2nc1Cl. The number of benzene rings is 1. The molecule has 0 bridgehead atoms. The molecule has 1 aromatic carbocycles. The molecule has 0 aliphatic heterocycles. The van der Waals surface area contributed by atoms with Crippen molar-refractivity contribution in [3.05, 3.63) is 28.9 Å². The maximum absolute atomic E-state index is 6.20. The van der Waals surface area contributed by atoms with E-state index < -0.39 is 0 Å². The van der Waals surface area contributed by atoms with Crippen molar-refractivity contribution in [3.63, 3.8) is 0 Å². The molecule has 0 amide bonds. The zero-order valence-electron chi connectivity index (χ0n) is 10.8. The zero-order chi connectivity index (χ0) is 13.1. The number of pyridine rings is 1. The van der Waals surface area contributed by atoms with Crippen molar-refractivity contribution in [1.82, 2.24) is 4.98 Å². The summed E-state index contributed by atoms with van der Waals surface area (Å²) in [6, 6.07) is 5.76. The van der Waals surface area contributed by atoms with Crippen LogP contribution in [0.1, 0.15) is 18.9 Å². The van der Waals surface area contributed by atoms with E-state index in [2.05, 4.69) is 11.9 Å². The van der Waals surface area contributed by atoms with Gasteiger partial charge in [0.2, 0.25) is 0 Å². The van der Waals surface area contributed by atoms with Crippen LogP contribution < -0.4 is 9.47 Å². The van der Waals surface area contributed by atoms with Gasteiger partial charge in [-0.15, -0.1) is 0 Å². The topological polar surface area (TPSA) is 31.4 Å². The molecule has 0 aliphatic carbocycles. The zero-order valence-corrected chi connectivity index (χ0v) is 11.5. The summed E-state index contributed by atoms with van der Waals surface area (Å²) in [6.07, 6.45) is 1.93. The predicted molar refractivity (Wildman–Crippen MR) is 73.9 cm³/mol. The molecule has 2 rings (SSSR count). The third-order valence-corrected chi connectivity index (χ3v) is 3.22. The standard InChI is InChI=1S/C14H16ClNO2/c1-4-5-9-8-10-11(17-2)6-7-12(18-3)13(10)16-14(9)15/h6-8H,4-5H2,1-3H3. The van der Waals surface area contributed by atoms with E-state index in [1.54, 1.807) is 14.2 Å². The normalized spacial score (nSPS) is 10.7. The Morgan fingerprint density at radius 2 is 1.83 bits per heavy atom. The van der Waals surface area contributed by atoms with E-state index in [-0.39, 0.29) is 0 Å². The minimum Gasteiger partial charge on any atom is -0.496 e. The first-order valence-electron chi connectivity index (χ1n) is 5.91. The van der Waals surface area contributed by atoms with Gasteiger partial charge in [-0.1, -0.05) is 24.9 Å². The molecule has 0 N–H and O–H groups in total. The highest BCUT2D eigenvalue weighted by atomic mass is 35.5. The van der Waals surface area contributed by atoms with E-state index in [0.29, 0.717) is 10.9 Å². The summed E-state index contributed by atoms with van der Waals surface area (Å²) in [6.45, 7) is 2.11. The molecular formula is C14H16ClNO2. The number of ether oxygens (including phenoxy) is 2. The van der Waals surface area contributed by atoms with Crippen LogP contribution in [0.2, 0.25) is 5.15 Å². The first-order valence-corrected chi connectivity index (χ1v) is 6.29. The number of aryl methyl sites for hydroxylation is 1. The van der Waals surface area contributed by atoms with Gasteiger partial charge >= 0.3 is 0 Å². The van der Waals surface area contributed by atoms with Gasteiger partial charge in [0.05, 0.1) is 14.2 Å². The average molecular weight is 266 g/mol. The van der Waals surface area contributed by atoms with E-state index in [9.17, 15) is 0 Å². The highest BCUT2D eigenvalue weighted by molar-refractivity contribution is 6.30. The minimum absolute atomic E-state index is 0.538. The van der Waals surface area contributed by atoms with Gasteiger partial charge in [0.15, 0.2) is 0 Å². The van der Waals surface area contributed by atoms with Crippen molar-refractivity contribution in [3.8, 4) is 11.5 Å². The van der Waals surface area contributed by atoms with Crippen LogP contribution in [0.15, 0.2) is 18.2 Å². The fraction of sp³-hybridized carbons (Fsp3) is 0.357. The Morgan fingerprint density at radius 3 is 2.44 bits per heavy atom. The molecule has 0 spiro atoms. The lowest BCUT2D eigenvalue weighted by Crippen LogP contribution is -1.95. The summed E-state index contributed by atoms with van der Waals surface area (Å²) < 4.78 is 10.7. The van der Waals surface area contributed by atoms with E-state index in [0.717, 1.165) is 35.1 Å². The van der Waals surface area contributed by atoms with Crippen LogP contribution in [-0.2, 0) is 6.42 Å². The maximum atomic E-state index is 6.20. The number of methoxy groups -OCH3 is 2. The molecule has 96 valence electrons. The minimum atomic E-state index is 0.538. The Balaban J connectivity index is 2.72. The highest BCUT2D eigenvalue weighted by Gasteiger charge is 2.12. The Kier molecular flexibility index (Phi) is 3.92. The lowest BCUT2D eigenvalue weighted by atomic mass is 10.1. The van der Waals surface area contributed by atoms with Crippen LogP contribution in [0.5, 0.6) is 11.5 Å². The number of fused-ring (bicyclic) bond motifs is 1. The molecule has 0 unspecified atom stereocenters. The number of nitrogens with zero attached hydrogens (tertiary/aromatic N) is 1. The van der Waals surface area contributed by atoms with Crippen molar-refractivity contribution >= 4 is 22.5 Å². The van der Waals surface area contributed by atoms with Gasteiger partial charge in [-0.3, -0.25) is 0 Å². The Morgan fingerprint density at radius 1 is 1.17 bits per heavy atom. The molecule has 3 nitrogen and oxygen atoms in total. The monoisotopic (exact) mass is 265 g/mol. The van der Waals surface area contributed by atoms with E-state index >= 15 is 0 Å². The van der Waals surface area contributed by atoms with Crippen molar-refractivity contribution < 1.29 is 9.47 Å². The summed E-state index contributed by atoms with van der Waals surface area (Å²) in [5.74, 6) is 1.49. The number of halogens is 1. The highest BCUT2D eigenvalue weighted by Crippen LogP contribution is 2.34. The van der Waals surface area contributed by atoms with Crippen molar-refractivity contribution in [2.24, 2.45) is 0 Å². The van der Waals surface area contributed by atoms with Crippen LogP contribution in [0, 0.1) is 0 Å². The maximum Gasteiger partial charge on any atom is 0.145 e. The molecule has 4 heteroatoms. The Labute approximate surface area is 112 Å². The van der Waals surface area contributed by atoms with Gasteiger partial charge in [0, 0.05) is 5.39 Å². The smallest absolute Gasteiger partial charge is 0.145 e. The molecule has 0 aliphatic rings. The first kappa shape index (κ1) is 13.0. The molecule has 0 saturated carbocycles. The summed E-state index contributed by atoms with van der Waals surface area (Å²) in [4.78, 5) is 4.43. The number of hydrogen-bond donors (Lipinski definition) is 0. The van der Waals surface area contributed by atoms with Crippen LogP contribution in [0.25, 0.3) is 10.9 Å². The average Bonchev–Trinajstić information content (AvgIpc) is 2.39. The van der Waals surface area contributed by atoms with Crippen molar-refractivity contribution in [2.45, 2.75) is 19.8 Å². The van der Waals surface area contributed by atoms with Gasteiger partial charge in [-0.2, -0.15) is 0 Å². The van der Waals surface area contributed by atoms with Gasteiger partial charge < -0.3 is 9.47 Å². The summed E-state index contributed by atoms with van der Waals surface area (Å²) >= 11 is 6.20. The molecule has 0 saturated heterocycles. The molecule has 18 heavy (non-hydrogen) atoms. The van der Waals surface area contributed by atoms with Crippen LogP contribution in [-0.4, -0.2) is 19.2 Å². The lowest BCUT2D eigenvalue weighted by molar-refractivity contribution is 0.409. The second-order valence-corrected chi connectivity index (χ2v) is 4.41. The summed E-state index contributed by atoms with van der Waals surface area (Å²) in [7, 11) is 3.27. The van der Waals surface area contributed by atoms with Crippen molar-refractivity contribution in [2.75, 3.05) is 14.2 Å². The summed E-state index contributed by atoms with van der Waals surface area (Å²) in [5, 5.41) is 1.47. The number of hydrogen-bond acceptors (Lipinski definition) is 3. The summed E-state index contributed by atoms with van der Waals surface area (Å²) in [5.41, 5.74) is 1.78. The molecule has 0 atom stereocenters. The van der Waals surface area contributed by atoms with Crippen LogP contribution >= 0.6 is 11.6 Å². The van der Waals surface area contributed by atoms with E-state index in [4.69, 9.17) is 21.1 Å². The third kappa shape index (κ3) is 2.23. The lowest BCUT2D eigenvalue weighted by Gasteiger charge is -2.11. The fourth-order valence-corrected chi connectivity index (χ4v) is 2.25. The van der Waals surface area contributed by atoms with Crippen LogP contribution in [0.4, 0.5) is 0 Å². The molecular weight excluding hydrogens is 250 g/mol. The molecule has 1 heterocycles. The van der Waals surface area contributed by atoms with E-state index in [1.807, 2.05) is 18.2 Å². The number of rotatable bonds is 4. The number of aromatic nitrogens is 1.